The topological polar surface area (TPSA) is 96.3 Å². The summed E-state index contributed by atoms with van der Waals surface area (Å²) < 4.78 is 34.2. The van der Waals surface area contributed by atoms with Gasteiger partial charge in [0.2, 0.25) is 0 Å². The fourth-order valence-corrected chi connectivity index (χ4v) is 6.78. The molecule has 7 nitrogen and oxygen atoms in total. The fourth-order valence-electron chi connectivity index (χ4n) is 3.47. The highest BCUT2D eigenvalue weighted by Crippen LogP contribution is 2.44. The zero-order valence-electron chi connectivity index (χ0n) is 16.2. The van der Waals surface area contributed by atoms with Gasteiger partial charge in [0.05, 0.1) is 9.92 Å². The minimum Gasteiger partial charge on any atom is -0.296 e. The number of nitrogens with one attached hydrogen (secondary N) is 1. The van der Waals surface area contributed by atoms with E-state index in [0.29, 0.717) is 28.0 Å². The number of halogens is 1. The van der Waals surface area contributed by atoms with Gasteiger partial charge in [-0.3, -0.25) is 13.8 Å². The Balaban J connectivity index is 1.54. The molecule has 0 amide bonds. The highest BCUT2D eigenvalue weighted by atomic mass is 35.5. The lowest BCUT2D eigenvalue weighted by atomic mass is 10.2. The zero-order valence-corrected chi connectivity index (χ0v) is 18.6. The largest absolute Gasteiger partial charge is 0.439 e. The first-order chi connectivity index (χ1) is 14.9. The summed E-state index contributed by atoms with van der Waals surface area (Å²) in [5.74, 6) is 0.140. The molecule has 2 aromatic heterocycles. The lowest BCUT2D eigenvalue weighted by Gasteiger charge is -2.23. The molecule has 0 radical (unpaired) electrons. The maximum absolute atomic E-state index is 13.6. The summed E-state index contributed by atoms with van der Waals surface area (Å²) in [7, 11) is -3.84. The second kappa shape index (κ2) is 7.81. The van der Waals surface area contributed by atoms with E-state index in [1.807, 2.05) is 24.3 Å². The predicted octanol–water partition coefficient (Wildman–Crippen LogP) is 4.89. The van der Waals surface area contributed by atoms with Gasteiger partial charge in [-0.25, -0.2) is 13.2 Å². The molecule has 0 atom stereocenters. The maximum Gasteiger partial charge on any atom is 0.439 e. The second-order valence-corrected chi connectivity index (χ2v) is 10.8. The van der Waals surface area contributed by atoms with Gasteiger partial charge in [-0.05, 0) is 42.7 Å². The average molecular weight is 476 g/mol. The molecule has 0 saturated heterocycles. The van der Waals surface area contributed by atoms with E-state index in [2.05, 4.69) is 14.7 Å². The fraction of sp³-hybridized carbons (Fsp3) is 0.238. The lowest BCUT2D eigenvalue weighted by Crippen LogP contribution is -2.31. The van der Waals surface area contributed by atoms with Crippen LogP contribution in [0, 0.1) is 5.92 Å². The summed E-state index contributed by atoms with van der Waals surface area (Å²) in [6, 6.07) is 13.8. The second-order valence-electron chi connectivity index (χ2n) is 7.49. The van der Waals surface area contributed by atoms with Crippen molar-refractivity contribution in [3.8, 4) is 11.4 Å². The molecule has 4 aromatic rings. The highest BCUT2D eigenvalue weighted by Gasteiger charge is 2.31. The van der Waals surface area contributed by atoms with Crippen molar-refractivity contribution >= 4 is 48.0 Å². The first-order valence-electron chi connectivity index (χ1n) is 9.79. The molecule has 5 rings (SSSR count). The van der Waals surface area contributed by atoms with Crippen LogP contribution in [0.1, 0.15) is 19.3 Å². The molecule has 1 aliphatic rings. The van der Waals surface area contributed by atoms with Crippen molar-refractivity contribution in [1.29, 1.82) is 0 Å². The van der Waals surface area contributed by atoms with Crippen molar-refractivity contribution in [2.45, 2.75) is 24.2 Å². The molecule has 1 saturated carbocycles. The van der Waals surface area contributed by atoms with Crippen LogP contribution in [-0.2, 0) is 10.0 Å². The zero-order chi connectivity index (χ0) is 21.6. The molecule has 0 spiro atoms. The van der Waals surface area contributed by atoms with E-state index < -0.39 is 15.8 Å². The van der Waals surface area contributed by atoms with Crippen LogP contribution in [0.2, 0.25) is 5.02 Å². The van der Waals surface area contributed by atoms with E-state index >= 15 is 0 Å². The summed E-state index contributed by atoms with van der Waals surface area (Å²) in [4.78, 5) is 13.8. The van der Waals surface area contributed by atoms with E-state index in [9.17, 15) is 13.2 Å². The van der Waals surface area contributed by atoms with Gasteiger partial charge in [-0.15, -0.1) is 11.3 Å². The molecule has 0 unspecified atom stereocenters. The molecule has 1 N–H and O–H groups in total. The van der Waals surface area contributed by atoms with Gasteiger partial charge < -0.3 is 0 Å². The molecular weight excluding hydrogens is 458 g/mol. The predicted molar refractivity (Wildman–Crippen MR) is 121 cm³/mol. The van der Waals surface area contributed by atoms with Crippen molar-refractivity contribution < 1.29 is 12.9 Å². The number of rotatable bonds is 7. The SMILES string of the molecule is O=c1[nH]c(-c2ccc(S(=O)(=O)N(CCC3CC3)c3sc4ccccc4c3Cl)cc2)no1. The molecule has 0 bridgehead atoms. The third-order valence-electron chi connectivity index (χ3n) is 5.34. The number of hydrogen-bond donors (Lipinski definition) is 1. The smallest absolute Gasteiger partial charge is 0.296 e. The Morgan fingerprint density at radius 1 is 1.16 bits per heavy atom. The molecule has 0 aliphatic heterocycles. The van der Waals surface area contributed by atoms with Gasteiger partial charge in [-0.2, -0.15) is 0 Å². The number of hydrogen-bond acceptors (Lipinski definition) is 6. The molecule has 1 aliphatic carbocycles. The average Bonchev–Trinajstić information content (AvgIpc) is 3.41. The Kier molecular flexibility index (Phi) is 5.11. The van der Waals surface area contributed by atoms with E-state index in [0.717, 1.165) is 29.3 Å². The van der Waals surface area contributed by atoms with Crippen molar-refractivity contribution in [3.05, 3.63) is 64.1 Å². The van der Waals surface area contributed by atoms with Crippen LogP contribution in [0.4, 0.5) is 5.00 Å². The Morgan fingerprint density at radius 3 is 2.55 bits per heavy atom. The molecule has 1 fully saturated rings. The van der Waals surface area contributed by atoms with Gasteiger partial charge in [0.1, 0.15) is 5.00 Å². The molecule has 2 heterocycles. The summed E-state index contributed by atoms with van der Waals surface area (Å²) in [6.07, 6.45) is 3.07. The van der Waals surface area contributed by atoms with E-state index in [1.165, 1.54) is 27.8 Å². The summed E-state index contributed by atoms with van der Waals surface area (Å²) in [6.45, 7) is 0.373. The van der Waals surface area contributed by atoms with Crippen molar-refractivity contribution in [3.63, 3.8) is 0 Å². The quantitative estimate of drug-likeness (QED) is 0.410. The van der Waals surface area contributed by atoms with Crippen LogP contribution in [-0.4, -0.2) is 25.1 Å². The van der Waals surface area contributed by atoms with Crippen LogP contribution in [0.15, 0.2) is 62.7 Å². The molecule has 10 heteroatoms. The van der Waals surface area contributed by atoms with E-state index in [4.69, 9.17) is 11.6 Å². The first-order valence-corrected chi connectivity index (χ1v) is 12.4. The standard InChI is InChI=1S/C21H18ClN3O4S2/c22-18-16-3-1-2-4-17(16)30-20(18)25(12-11-13-5-6-13)31(27,28)15-9-7-14(8-10-15)19-23-21(26)29-24-19/h1-4,7-10,13H,5-6,11-12H2,(H,23,24,26). The van der Waals surface area contributed by atoms with Crippen LogP contribution >= 0.6 is 22.9 Å². The molecule has 2 aromatic carbocycles. The van der Waals surface area contributed by atoms with Crippen molar-refractivity contribution in [2.24, 2.45) is 5.92 Å². The maximum atomic E-state index is 13.6. The van der Waals surface area contributed by atoms with Gasteiger partial charge in [0.25, 0.3) is 10.0 Å². The number of thiophene rings is 1. The molecular formula is C21H18ClN3O4S2. The van der Waals surface area contributed by atoms with Gasteiger partial charge in [0, 0.05) is 22.2 Å². The third kappa shape index (κ3) is 3.88. The minimum atomic E-state index is -3.84. The lowest BCUT2D eigenvalue weighted by molar-refractivity contribution is 0.388. The number of fused-ring (bicyclic) bond motifs is 1. The van der Waals surface area contributed by atoms with Gasteiger partial charge in [0.15, 0.2) is 5.82 Å². The minimum absolute atomic E-state index is 0.145. The monoisotopic (exact) mass is 475 g/mol. The van der Waals surface area contributed by atoms with E-state index in [-0.39, 0.29) is 10.7 Å². The van der Waals surface area contributed by atoms with Crippen LogP contribution in [0.3, 0.4) is 0 Å². The number of sulfonamides is 1. The van der Waals surface area contributed by atoms with Gasteiger partial charge >= 0.3 is 5.76 Å². The summed E-state index contributed by atoms with van der Waals surface area (Å²) in [5, 5.41) is 5.47. The number of nitrogens with zero attached hydrogens (tertiary/aromatic N) is 2. The Labute approximate surface area is 187 Å². The van der Waals surface area contributed by atoms with Crippen molar-refractivity contribution in [1.82, 2.24) is 10.1 Å². The molecule has 31 heavy (non-hydrogen) atoms. The number of anilines is 1. The van der Waals surface area contributed by atoms with Gasteiger partial charge in [-0.1, -0.05) is 47.8 Å². The van der Waals surface area contributed by atoms with Crippen LogP contribution < -0.4 is 10.1 Å². The summed E-state index contributed by atoms with van der Waals surface area (Å²) >= 11 is 8.02. The summed E-state index contributed by atoms with van der Waals surface area (Å²) in [5.41, 5.74) is 0.550. The number of aromatic nitrogens is 2. The van der Waals surface area contributed by atoms with E-state index in [1.54, 1.807) is 12.1 Å². The Bertz CT molecular complexity index is 1400. The van der Waals surface area contributed by atoms with Crippen molar-refractivity contribution in [2.75, 3.05) is 10.8 Å². The number of aromatic amines is 1. The van der Waals surface area contributed by atoms with Crippen LogP contribution in [0.25, 0.3) is 21.5 Å². The third-order valence-corrected chi connectivity index (χ3v) is 8.96. The number of H-pyrrole nitrogens is 1. The normalized spacial score (nSPS) is 14.2. The Hall–Kier alpha value is -2.62. The number of benzene rings is 2. The Morgan fingerprint density at radius 2 is 1.90 bits per heavy atom. The van der Waals surface area contributed by atoms with Crippen LogP contribution in [0.5, 0.6) is 0 Å². The molecule has 160 valence electrons. The highest BCUT2D eigenvalue weighted by molar-refractivity contribution is 7.93. The first kappa shape index (κ1) is 20.3.